The smallest absolute Gasteiger partial charge is 0.0585 e. The third-order valence-corrected chi connectivity index (χ3v) is 3.00. The Labute approximate surface area is 80.3 Å². The summed E-state index contributed by atoms with van der Waals surface area (Å²) < 4.78 is 0. The lowest BCUT2D eigenvalue weighted by molar-refractivity contribution is 0.195. The van der Waals surface area contributed by atoms with Gasteiger partial charge >= 0.3 is 0 Å². The monoisotopic (exact) mass is 183 g/mol. The predicted molar refractivity (Wildman–Crippen MR) is 55.6 cm³/mol. The molecule has 68 valence electrons. The molecule has 0 bridgehead atoms. The lowest BCUT2D eigenvalue weighted by Crippen LogP contribution is -2.22. The summed E-state index contributed by atoms with van der Waals surface area (Å²) >= 11 is 4.55. The van der Waals surface area contributed by atoms with Crippen molar-refractivity contribution in [2.45, 2.75) is 39.5 Å². The molecule has 0 aliphatic heterocycles. The van der Waals surface area contributed by atoms with Gasteiger partial charge in [0.25, 0.3) is 0 Å². The predicted octanol–water partition coefficient (Wildman–Crippen LogP) is 3.31. The standard InChI is InChI=1S/C10H17NS/c1-10(2)5-3-9(4-6-10)7-11-8-12/h9H,3-7H2,1-2H3. The molecular weight excluding hydrogens is 166 g/mol. The summed E-state index contributed by atoms with van der Waals surface area (Å²) in [5.74, 6) is 0.772. The van der Waals surface area contributed by atoms with Gasteiger partial charge in [-0.1, -0.05) is 13.8 Å². The van der Waals surface area contributed by atoms with E-state index in [1.54, 1.807) is 0 Å². The van der Waals surface area contributed by atoms with E-state index < -0.39 is 0 Å². The van der Waals surface area contributed by atoms with Crippen molar-refractivity contribution in [1.29, 1.82) is 0 Å². The van der Waals surface area contributed by atoms with Crippen molar-refractivity contribution in [3.63, 3.8) is 0 Å². The first-order valence-corrected chi connectivity index (χ1v) is 5.08. The zero-order valence-electron chi connectivity index (χ0n) is 7.97. The maximum absolute atomic E-state index is 4.55. The number of nitrogens with zero attached hydrogens (tertiary/aromatic N) is 1. The summed E-state index contributed by atoms with van der Waals surface area (Å²) in [7, 11) is 0. The van der Waals surface area contributed by atoms with Gasteiger partial charge in [-0.3, -0.25) is 0 Å². The van der Waals surface area contributed by atoms with Crippen LogP contribution in [-0.4, -0.2) is 11.7 Å². The molecule has 0 aromatic carbocycles. The molecule has 0 atom stereocenters. The summed E-state index contributed by atoms with van der Waals surface area (Å²) in [5, 5.41) is 2.44. The molecule has 1 aliphatic rings. The molecule has 0 saturated heterocycles. The Morgan fingerprint density at radius 1 is 1.42 bits per heavy atom. The Bertz CT molecular complexity index is 182. The van der Waals surface area contributed by atoms with Gasteiger partial charge in [0, 0.05) is 0 Å². The molecule has 2 heteroatoms. The van der Waals surface area contributed by atoms with Gasteiger partial charge in [0.05, 0.1) is 11.7 Å². The van der Waals surface area contributed by atoms with Crippen LogP contribution < -0.4 is 0 Å². The zero-order valence-corrected chi connectivity index (χ0v) is 8.78. The van der Waals surface area contributed by atoms with Gasteiger partial charge in [0.1, 0.15) is 0 Å². The highest BCUT2D eigenvalue weighted by Crippen LogP contribution is 2.37. The van der Waals surface area contributed by atoms with Crippen molar-refractivity contribution in [2.75, 3.05) is 6.54 Å². The Hall–Kier alpha value is -0.200. The average Bonchev–Trinajstić information content (AvgIpc) is 2.03. The van der Waals surface area contributed by atoms with E-state index in [4.69, 9.17) is 0 Å². The van der Waals surface area contributed by atoms with Crippen LogP contribution in [0.1, 0.15) is 39.5 Å². The second-order valence-corrected chi connectivity index (χ2v) is 4.72. The van der Waals surface area contributed by atoms with Crippen molar-refractivity contribution < 1.29 is 0 Å². The lowest BCUT2D eigenvalue weighted by atomic mass is 9.73. The fourth-order valence-electron chi connectivity index (χ4n) is 1.81. The number of hydrogen-bond acceptors (Lipinski definition) is 2. The second kappa shape index (κ2) is 4.15. The summed E-state index contributed by atoms with van der Waals surface area (Å²) in [4.78, 5) is 4.01. The van der Waals surface area contributed by atoms with Crippen LogP contribution in [-0.2, 0) is 0 Å². The summed E-state index contributed by atoms with van der Waals surface area (Å²) in [5.41, 5.74) is 0.567. The van der Waals surface area contributed by atoms with Crippen LogP contribution >= 0.6 is 12.2 Å². The van der Waals surface area contributed by atoms with Crippen LogP contribution in [0.5, 0.6) is 0 Å². The molecule has 0 spiro atoms. The third kappa shape index (κ3) is 3.04. The average molecular weight is 183 g/mol. The molecule has 0 unspecified atom stereocenters. The van der Waals surface area contributed by atoms with E-state index in [0.717, 1.165) is 12.5 Å². The number of isothiocyanates is 1. The molecular formula is C10H17NS. The van der Waals surface area contributed by atoms with Gasteiger partial charge in [-0.05, 0) is 49.2 Å². The van der Waals surface area contributed by atoms with Gasteiger partial charge in [0.2, 0.25) is 0 Å². The van der Waals surface area contributed by atoms with Crippen LogP contribution in [0.3, 0.4) is 0 Å². The Morgan fingerprint density at radius 3 is 2.50 bits per heavy atom. The van der Waals surface area contributed by atoms with Crippen molar-refractivity contribution in [2.24, 2.45) is 16.3 Å². The Morgan fingerprint density at radius 2 is 2.00 bits per heavy atom. The first-order chi connectivity index (χ1) is 5.64. The summed E-state index contributed by atoms with van der Waals surface area (Å²) in [6, 6.07) is 0. The molecule has 0 N–H and O–H groups in total. The fraction of sp³-hybridized carbons (Fsp3) is 0.900. The van der Waals surface area contributed by atoms with E-state index in [9.17, 15) is 0 Å². The number of hydrogen-bond donors (Lipinski definition) is 0. The van der Waals surface area contributed by atoms with Crippen LogP contribution in [0.25, 0.3) is 0 Å². The van der Waals surface area contributed by atoms with E-state index in [-0.39, 0.29) is 0 Å². The van der Waals surface area contributed by atoms with Crippen LogP contribution in [0, 0.1) is 11.3 Å². The molecule has 0 aromatic rings. The van der Waals surface area contributed by atoms with E-state index in [1.807, 2.05) is 0 Å². The molecule has 0 amide bonds. The van der Waals surface area contributed by atoms with Crippen molar-refractivity contribution >= 4 is 17.4 Å². The van der Waals surface area contributed by atoms with E-state index in [1.165, 1.54) is 25.7 Å². The minimum atomic E-state index is 0.567. The SMILES string of the molecule is CC1(C)CCC(CN=C=S)CC1. The van der Waals surface area contributed by atoms with Crippen molar-refractivity contribution in [3.8, 4) is 0 Å². The van der Waals surface area contributed by atoms with Gasteiger partial charge in [-0.15, -0.1) is 0 Å². The highest BCUT2D eigenvalue weighted by molar-refractivity contribution is 7.78. The zero-order chi connectivity index (χ0) is 9.03. The largest absolute Gasteiger partial charge is 0.232 e. The highest BCUT2D eigenvalue weighted by atomic mass is 32.1. The van der Waals surface area contributed by atoms with Gasteiger partial charge < -0.3 is 0 Å². The van der Waals surface area contributed by atoms with Crippen LogP contribution in [0.4, 0.5) is 0 Å². The maximum Gasteiger partial charge on any atom is 0.0585 e. The maximum atomic E-state index is 4.55. The Kier molecular flexibility index (Phi) is 3.42. The topological polar surface area (TPSA) is 12.4 Å². The summed E-state index contributed by atoms with van der Waals surface area (Å²) in [6.07, 6.45) is 5.30. The molecule has 0 heterocycles. The third-order valence-electron chi connectivity index (χ3n) is 2.87. The van der Waals surface area contributed by atoms with Gasteiger partial charge in [-0.25, -0.2) is 4.99 Å². The first-order valence-electron chi connectivity index (χ1n) is 4.68. The second-order valence-electron chi connectivity index (χ2n) is 4.54. The number of thiocarbonyl (C=S) groups is 1. The minimum absolute atomic E-state index is 0.567. The molecule has 1 nitrogen and oxygen atoms in total. The van der Waals surface area contributed by atoms with Crippen molar-refractivity contribution in [1.82, 2.24) is 0 Å². The quantitative estimate of drug-likeness (QED) is 0.472. The molecule has 1 fully saturated rings. The highest BCUT2D eigenvalue weighted by Gasteiger charge is 2.26. The van der Waals surface area contributed by atoms with E-state index in [0.29, 0.717) is 5.41 Å². The van der Waals surface area contributed by atoms with Crippen molar-refractivity contribution in [3.05, 3.63) is 0 Å². The number of rotatable bonds is 2. The van der Waals surface area contributed by atoms with E-state index >= 15 is 0 Å². The molecule has 0 aromatic heterocycles. The van der Waals surface area contributed by atoms with E-state index in [2.05, 4.69) is 36.2 Å². The normalized spacial score (nSPS) is 23.2. The summed E-state index contributed by atoms with van der Waals surface area (Å²) in [6.45, 7) is 5.61. The molecule has 12 heavy (non-hydrogen) atoms. The van der Waals surface area contributed by atoms with Gasteiger partial charge in [0.15, 0.2) is 0 Å². The van der Waals surface area contributed by atoms with Gasteiger partial charge in [-0.2, -0.15) is 0 Å². The molecule has 1 rings (SSSR count). The lowest BCUT2D eigenvalue weighted by Gasteiger charge is -2.33. The minimum Gasteiger partial charge on any atom is -0.232 e. The molecule has 0 radical (unpaired) electrons. The first kappa shape index (κ1) is 9.88. The number of aliphatic imine (C=N–C) groups is 1. The fourth-order valence-corrected chi connectivity index (χ4v) is 1.88. The molecule has 1 saturated carbocycles. The molecule has 1 aliphatic carbocycles. The Balaban J connectivity index is 2.31. The van der Waals surface area contributed by atoms with Crippen LogP contribution in [0.2, 0.25) is 0 Å². The van der Waals surface area contributed by atoms with Crippen LogP contribution in [0.15, 0.2) is 4.99 Å².